The second-order valence-electron chi connectivity index (χ2n) is 5.65. The summed E-state index contributed by atoms with van der Waals surface area (Å²) in [5, 5.41) is 0.155. The number of hydrogen-bond donors (Lipinski definition) is 0. The zero-order valence-electron chi connectivity index (χ0n) is 11.6. The molecule has 0 spiro atoms. The van der Waals surface area contributed by atoms with E-state index in [-0.39, 0.29) is 5.38 Å². The first kappa shape index (κ1) is 13.7. The maximum atomic E-state index is 6.66. The molecule has 1 aliphatic rings. The van der Waals surface area contributed by atoms with Crippen LogP contribution in [-0.2, 0) is 0 Å². The molecule has 0 radical (unpaired) electrons. The molecule has 1 atom stereocenters. The summed E-state index contributed by atoms with van der Waals surface area (Å²) >= 11 is 6.66. The minimum atomic E-state index is 0.155. The van der Waals surface area contributed by atoms with Gasteiger partial charge in [0.2, 0.25) is 0 Å². The molecule has 1 nitrogen and oxygen atoms in total. The minimum Gasteiger partial charge on any atom is -0.496 e. The maximum absolute atomic E-state index is 6.66. The van der Waals surface area contributed by atoms with E-state index >= 15 is 0 Å². The lowest BCUT2D eigenvalue weighted by Gasteiger charge is -2.30. The third kappa shape index (κ3) is 3.00. The van der Waals surface area contributed by atoms with Crippen LogP contribution < -0.4 is 4.74 Å². The molecule has 0 aliphatic heterocycles. The van der Waals surface area contributed by atoms with Crippen LogP contribution in [0.25, 0.3) is 0 Å². The van der Waals surface area contributed by atoms with Crippen molar-refractivity contribution in [2.75, 3.05) is 7.11 Å². The first-order chi connectivity index (χ1) is 8.61. The van der Waals surface area contributed by atoms with Gasteiger partial charge in [0.25, 0.3) is 0 Å². The topological polar surface area (TPSA) is 9.23 Å². The fourth-order valence-corrected chi connectivity index (χ4v) is 3.31. The number of ether oxygens (including phenoxy) is 1. The average Bonchev–Trinajstić information content (AvgIpc) is 2.38. The maximum Gasteiger partial charge on any atom is 0.121 e. The molecule has 2 heteroatoms. The zero-order valence-corrected chi connectivity index (χ0v) is 12.3. The van der Waals surface area contributed by atoms with Crippen LogP contribution in [0.15, 0.2) is 18.2 Å². The lowest BCUT2D eigenvalue weighted by Crippen LogP contribution is -2.16. The number of hydrogen-bond acceptors (Lipinski definition) is 1. The normalized spacial score (nSPS) is 25.8. The highest BCUT2D eigenvalue weighted by Gasteiger charge is 2.25. The summed E-state index contributed by atoms with van der Waals surface area (Å²) in [6.45, 7) is 4.42. The zero-order chi connectivity index (χ0) is 13.1. The number of benzene rings is 1. The van der Waals surface area contributed by atoms with Gasteiger partial charge in [-0.3, -0.25) is 0 Å². The van der Waals surface area contributed by atoms with Crippen molar-refractivity contribution in [3.8, 4) is 5.75 Å². The van der Waals surface area contributed by atoms with E-state index in [1.165, 1.54) is 36.8 Å². The highest BCUT2D eigenvalue weighted by atomic mass is 35.5. The number of alkyl halides is 1. The van der Waals surface area contributed by atoms with E-state index in [9.17, 15) is 0 Å². The Balaban J connectivity index is 2.08. The van der Waals surface area contributed by atoms with Crippen molar-refractivity contribution in [3.63, 3.8) is 0 Å². The Bertz CT molecular complexity index is 394. The van der Waals surface area contributed by atoms with Crippen molar-refractivity contribution in [2.24, 2.45) is 11.8 Å². The van der Waals surface area contributed by atoms with Gasteiger partial charge in [-0.05, 0) is 48.8 Å². The third-order valence-corrected chi connectivity index (χ3v) is 4.82. The lowest BCUT2D eigenvalue weighted by molar-refractivity contribution is 0.283. The Hall–Kier alpha value is -0.690. The molecule has 1 aliphatic carbocycles. The molecule has 0 N–H and O–H groups in total. The van der Waals surface area contributed by atoms with Gasteiger partial charge >= 0.3 is 0 Å². The fourth-order valence-electron chi connectivity index (χ4n) is 2.92. The van der Waals surface area contributed by atoms with Crippen LogP contribution in [0.5, 0.6) is 5.75 Å². The second kappa shape index (κ2) is 5.97. The van der Waals surface area contributed by atoms with Crippen LogP contribution in [-0.4, -0.2) is 7.11 Å². The van der Waals surface area contributed by atoms with E-state index in [0.717, 1.165) is 11.7 Å². The predicted molar refractivity (Wildman–Crippen MR) is 77.4 cm³/mol. The van der Waals surface area contributed by atoms with Crippen molar-refractivity contribution in [3.05, 3.63) is 29.3 Å². The van der Waals surface area contributed by atoms with E-state index < -0.39 is 0 Å². The number of rotatable bonds is 3. The SMILES string of the molecule is COc1ccc(C(Cl)C2CCC(C)CC2)cc1C. The fraction of sp³-hybridized carbons (Fsp3) is 0.625. The molecule has 0 bridgehead atoms. The van der Waals surface area contributed by atoms with Gasteiger partial charge in [-0.15, -0.1) is 11.6 Å². The Morgan fingerprint density at radius 1 is 1.22 bits per heavy atom. The molecule has 1 aromatic rings. The standard InChI is InChI=1S/C16H23ClO/c1-11-4-6-13(7-5-11)16(17)14-8-9-15(18-3)12(2)10-14/h8-11,13,16H,4-7H2,1-3H3. The quantitative estimate of drug-likeness (QED) is 0.691. The van der Waals surface area contributed by atoms with Crippen LogP contribution in [0.4, 0.5) is 0 Å². The molecule has 2 rings (SSSR count). The van der Waals surface area contributed by atoms with Crippen molar-refractivity contribution < 1.29 is 4.74 Å². The van der Waals surface area contributed by atoms with Crippen LogP contribution in [0, 0.1) is 18.8 Å². The van der Waals surface area contributed by atoms with Crippen molar-refractivity contribution >= 4 is 11.6 Å². The summed E-state index contributed by atoms with van der Waals surface area (Å²) in [4.78, 5) is 0. The van der Waals surface area contributed by atoms with Gasteiger partial charge in [-0.2, -0.15) is 0 Å². The first-order valence-corrected chi connectivity index (χ1v) is 7.34. The molecule has 100 valence electrons. The van der Waals surface area contributed by atoms with E-state index in [0.29, 0.717) is 5.92 Å². The summed E-state index contributed by atoms with van der Waals surface area (Å²) < 4.78 is 5.30. The Labute approximate surface area is 115 Å². The van der Waals surface area contributed by atoms with Crippen molar-refractivity contribution in [2.45, 2.75) is 44.9 Å². The molecule has 1 unspecified atom stereocenters. The van der Waals surface area contributed by atoms with Gasteiger partial charge in [0.05, 0.1) is 12.5 Å². The third-order valence-electron chi connectivity index (χ3n) is 4.21. The summed E-state index contributed by atoms with van der Waals surface area (Å²) in [6, 6.07) is 6.32. The predicted octanol–water partition coefficient (Wildman–Crippen LogP) is 5.11. The van der Waals surface area contributed by atoms with Gasteiger partial charge < -0.3 is 4.74 Å². The molecule has 18 heavy (non-hydrogen) atoms. The van der Waals surface area contributed by atoms with E-state index in [1.807, 2.05) is 6.07 Å². The monoisotopic (exact) mass is 266 g/mol. The van der Waals surface area contributed by atoms with Gasteiger partial charge in [-0.1, -0.05) is 31.9 Å². The average molecular weight is 267 g/mol. The molecule has 1 saturated carbocycles. The summed E-state index contributed by atoms with van der Waals surface area (Å²) in [5.74, 6) is 2.46. The number of aryl methyl sites for hydroxylation is 1. The Morgan fingerprint density at radius 3 is 2.44 bits per heavy atom. The van der Waals surface area contributed by atoms with E-state index in [2.05, 4.69) is 26.0 Å². The summed E-state index contributed by atoms with van der Waals surface area (Å²) in [6.07, 6.45) is 5.17. The molecule has 0 amide bonds. The van der Waals surface area contributed by atoms with Gasteiger partial charge in [0, 0.05) is 0 Å². The second-order valence-corrected chi connectivity index (χ2v) is 6.12. The molecule has 0 heterocycles. The van der Waals surface area contributed by atoms with Gasteiger partial charge in [-0.25, -0.2) is 0 Å². The van der Waals surface area contributed by atoms with Crippen LogP contribution >= 0.6 is 11.6 Å². The molecule has 1 fully saturated rings. The number of methoxy groups -OCH3 is 1. The molecular weight excluding hydrogens is 244 g/mol. The van der Waals surface area contributed by atoms with Crippen LogP contribution in [0.3, 0.4) is 0 Å². The highest BCUT2D eigenvalue weighted by molar-refractivity contribution is 6.21. The van der Waals surface area contributed by atoms with Gasteiger partial charge in [0.15, 0.2) is 0 Å². The van der Waals surface area contributed by atoms with Crippen LogP contribution in [0.1, 0.15) is 49.1 Å². The lowest BCUT2D eigenvalue weighted by atomic mass is 9.79. The largest absolute Gasteiger partial charge is 0.496 e. The Kier molecular flexibility index (Phi) is 4.55. The summed E-state index contributed by atoms with van der Waals surface area (Å²) in [5.41, 5.74) is 2.42. The minimum absolute atomic E-state index is 0.155. The number of halogens is 1. The molecule has 0 saturated heterocycles. The Morgan fingerprint density at radius 2 is 1.89 bits per heavy atom. The molecule has 0 aromatic heterocycles. The van der Waals surface area contributed by atoms with Gasteiger partial charge in [0.1, 0.15) is 5.75 Å². The van der Waals surface area contributed by atoms with E-state index in [4.69, 9.17) is 16.3 Å². The molecular formula is C16H23ClO. The van der Waals surface area contributed by atoms with Crippen LogP contribution in [0.2, 0.25) is 0 Å². The van der Waals surface area contributed by atoms with Crippen molar-refractivity contribution in [1.29, 1.82) is 0 Å². The van der Waals surface area contributed by atoms with E-state index in [1.54, 1.807) is 7.11 Å². The smallest absolute Gasteiger partial charge is 0.121 e. The molecule has 1 aromatic carbocycles. The summed E-state index contributed by atoms with van der Waals surface area (Å²) in [7, 11) is 1.71. The first-order valence-electron chi connectivity index (χ1n) is 6.90. The van der Waals surface area contributed by atoms with Crippen molar-refractivity contribution in [1.82, 2.24) is 0 Å². The highest BCUT2D eigenvalue weighted by Crippen LogP contribution is 2.41.